The molecule has 0 aliphatic heterocycles. The summed E-state index contributed by atoms with van der Waals surface area (Å²) in [5, 5.41) is 18.4. The highest BCUT2D eigenvalue weighted by Crippen LogP contribution is 2.22. The first-order chi connectivity index (χ1) is 7.66. The monoisotopic (exact) mass is 239 g/mol. The molecule has 2 aromatic rings. The van der Waals surface area contributed by atoms with Gasteiger partial charge in [0.15, 0.2) is 0 Å². The predicted molar refractivity (Wildman–Crippen MR) is 54.9 cm³/mol. The van der Waals surface area contributed by atoms with Crippen LogP contribution in [-0.2, 0) is 0 Å². The molecule has 0 aliphatic carbocycles. The first-order valence-electron chi connectivity index (χ1n) is 4.24. The van der Waals surface area contributed by atoms with Gasteiger partial charge in [-0.1, -0.05) is 16.8 Å². The molecule has 0 saturated heterocycles. The van der Waals surface area contributed by atoms with Gasteiger partial charge in [-0.25, -0.2) is 9.89 Å². The van der Waals surface area contributed by atoms with Crippen molar-refractivity contribution in [2.45, 2.75) is 0 Å². The van der Waals surface area contributed by atoms with Gasteiger partial charge in [0.1, 0.15) is 5.75 Å². The largest absolute Gasteiger partial charge is 0.476 e. The van der Waals surface area contributed by atoms with Crippen molar-refractivity contribution in [2.75, 3.05) is 0 Å². The summed E-state index contributed by atoms with van der Waals surface area (Å²) in [5.41, 5.74) is -0.269. The zero-order valence-corrected chi connectivity index (χ0v) is 8.60. The van der Waals surface area contributed by atoms with Gasteiger partial charge in [0.25, 0.3) is 5.88 Å². The number of rotatable bonds is 3. The molecule has 0 bridgehead atoms. The summed E-state index contributed by atoms with van der Waals surface area (Å²) < 4.78 is 5.25. The van der Waals surface area contributed by atoms with Gasteiger partial charge < -0.3 is 9.84 Å². The van der Waals surface area contributed by atoms with E-state index in [1.54, 1.807) is 24.3 Å². The maximum atomic E-state index is 10.7. The van der Waals surface area contributed by atoms with Crippen molar-refractivity contribution >= 4 is 17.6 Å². The molecule has 6 nitrogen and oxygen atoms in total. The minimum absolute atomic E-state index is 0.0187. The van der Waals surface area contributed by atoms with Gasteiger partial charge in [0.05, 0.1) is 0 Å². The van der Waals surface area contributed by atoms with E-state index >= 15 is 0 Å². The Morgan fingerprint density at radius 1 is 1.38 bits per heavy atom. The van der Waals surface area contributed by atoms with E-state index in [0.717, 1.165) is 0 Å². The predicted octanol–water partition coefficient (Wildman–Crippen LogP) is 1.95. The van der Waals surface area contributed by atoms with E-state index in [1.165, 1.54) is 0 Å². The lowest BCUT2D eigenvalue weighted by Gasteiger charge is -2.02. The molecule has 0 spiro atoms. The molecule has 0 aliphatic rings. The molecule has 0 unspecified atom stereocenters. The number of ether oxygens (including phenoxy) is 1. The second kappa shape index (κ2) is 4.19. The highest BCUT2D eigenvalue weighted by molar-refractivity contribution is 6.30. The molecule has 82 valence electrons. The lowest BCUT2D eigenvalue weighted by molar-refractivity contribution is 0.0687. The number of carbonyl (C=O) groups is 1. The maximum absolute atomic E-state index is 10.7. The third-order valence-corrected chi connectivity index (χ3v) is 2.00. The second-order valence-electron chi connectivity index (χ2n) is 2.85. The smallest absolute Gasteiger partial charge is 0.362 e. The quantitative estimate of drug-likeness (QED) is 0.855. The molecule has 0 saturated carbocycles. The van der Waals surface area contributed by atoms with E-state index in [1.807, 2.05) is 0 Å². The molecule has 0 radical (unpaired) electrons. The molecule has 0 amide bonds. The van der Waals surface area contributed by atoms with Crippen LogP contribution in [0.1, 0.15) is 10.5 Å². The number of carboxylic acid groups (broad SMARTS) is 1. The molecule has 1 aromatic carbocycles. The van der Waals surface area contributed by atoms with E-state index in [0.29, 0.717) is 10.8 Å². The topological polar surface area (TPSA) is 88.1 Å². The molecule has 1 heterocycles. The fraction of sp³-hybridized carbons (Fsp3) is 0. The zero-order chi connectivity index (χ0) is 11.5. The summed E-state index contributed by atoms with van der Waals surface area (Å²) >= 11 is 5.69. The van der Waals surface area contributed by atoms with Gasteiger partial charge in [-0.05, 0) is 24.3 Å². The zero-order valence-electron chi connectivity index (χ0n) is 7.85. The van der Waals surface area contributed by atoms with Crippen LogP contribution in [0.2, 0.25) is 5.02 Å². The Labute approximate surface area is 94.8 Å². The van der Waals surface area contributed by atoms with Crippen LogP contribution in [0.3, 0.4) is 0 Å². The number of hydrogen-bond acceptors (Lipinski definition) is 4. The number of aromatic amines is 1. The molecule has 16 heavy (non-hydrogen) atoms. The van der Waals surface area contributed by atoms with Crippen molar-refractivity contribution in [1.29, 1.82) is 0 Å². The van der Waals surface area contributed by atoms with Crippen molar-refractivity contribution in [3.05, 3.63) is 35.0 Å². The second-order valence-corrected chi connectivity index (χ2v) is 3.29. The Morgan fingerprint density at radius 2 is 2.06 bits per heavy atom. The highest BCUT2D eigenvalue weighted by atomic mass is 35.5. The van der Waals surface area contributed by atoms with Crippen molar-refractivity contribution < 1.29 is 14.6 Å². The van der Waals surface area contributed by atoms with Crippen molar-refractivity contribution in [1.82, 2.24) is 15.4 Å². The van der Waals surface area contributed by atoms with Crippen molar-refractivity contribution in [3.63, 3.8) is 0 Å². The number of aromatic nitrogens is 3. The van der Waals surface area contributed by atoms with Crippen molar-refractivity contribution in [3.8, 4) is 11.6 Å². The van der Waals surface area contributed by atoms with Crippen LogP contribution in [0.25, 0.3) is 0 Å². The number of nitrogens with one attached hydrogen (secondary N) is 1. The van der Waals surface area contributed by atoms with Gasteiger partial charge >= 0.3 is 5.97 Å². The van der Waals surface area contributed by atoms with Gasteiger partial charge in [-0.15, -0.1) is 5.10 Å². The normalized spacial score (nSPS) is 10.1. The minimum atomic E-state index is -1.21. The third-order valence-electron chi connectivity index (χ3n) is 1.75. The fourth-order valence-electron chi connectivity index (χ4n) is 1.05. The number of H-pyrrole nitrogens is 1. The van der Waals surface area contributed by atoms with E-state index in [4.69, 9.17) is 21.4 Å². The van der Waals surface area contributed by atoms with E-state index < -0.39 is 5.97 Å². The average molecular weight is 240 g/mol. The Bertz CT molecular complexity index is 509. The molecular formula is C9H6ClN3O3. The molecular weight excluding hydrogens is 234 g/mol. The van der Waals surface area contributed by atoms with Crippen LogP contribution in [0.4, 0.5) is 0 Å². The number of hydrogen-bond donors (Lipinski definition) is 2. The third kappa shape index (κ3) is 2.12. The van der Waals surface area contributed by atoms with Crippen molar-refractivity contribution in [2.24, 2.45) is 0 Å². The number of benzene rings is 1. The summed E-state index contributed by atoms with van der Waals surface area (Å²) in [6.45, 7) is 0. The van der Waals surface area contributed by atoms with Gasteiger partial charge in [-0.3, -0.25) is 0 Å². The molecule has 1 aromatic heterocycles. The van der Waals surface area contributed by atoms with Gasteiger partial charge in [0, 0.05) is 5.02 Å². The molecule has 2 rings (SSSR count). The molecule has 2 N–H and O–H groups in total. The lowest BCUT2D eigenvalue weighted by Crippen LogP contribution is -1.99. The highest BCUT2D eigenvalue weighted by Gasteiger charge is 2.16. The fourth-order valence-corrected chi connectivity index (χ4v) is 1.18. The maximum Gasteiger partial charge on any atom is 0.362 e. The van der Waals surface area contributed by atoms with Gasteiger partial charge in [0.2, 0.25) is 5.69 Å². The van der Waals surface area contributed by atoms with Crippen LogP contribution in [-0.4, -0.2) is 26.5 Å². The molecule has 0 atom stereocenters. The first kappa shape index (κ1) is 10.4. The Balaban J connectivity index is 2.23. The SMILES string of the molecule is O=C(O)c1nn[nH]c1Oc1ccc(Cl)cc1. The van der Waals surface area contributed by atoms with Crippen LogP contribution >= 0.6 is 11.6 Å². The summed E-state index contributed by atoms with van der Waals surface area (Å²) in [7, 11) is 0. The average Bonchev–Trinajstić information content (AvgIpc) is 2.69. The summed E-state index contributed by atoms with van der Waals surface area (Å²) in [6, 6.07) is 6.46. The number of nitrogens with zero attached hydrogens (tertiary/aromatic N) is 2. The van der Waals surface area contributed by atoms with Gasteiger partial charge in [-0.2, -0.15) is 0 Å². The summed E-state index contributed by atoms with van der Waals surface area (Å²) in [4.78, 5) is 10.7. The summed E-state index contributed by atoms with van der Waals surface area (Å²) in [5.74, 6) is -0.787. The molecule has 7 heteroatoms. The van der Waals surface area contributed by atoms with Crippen LogP contribution in [0.5, 0.6) is 11.6 Å². The standard InChI is InChI=1S/C9H6ClN3O3/c10-5-1-3-6(4-2-5)16-8-7(9(14)15)11-13-12-8/h1-4H,(H,14,15)(H,11,12,13). The Morgan fingerprint density at radius 3 is 2.69 bits per heavy atom. The summed E-state index contributed by atoms with van der Waals surface area (Å²) in [6.07, 6.45) is 0. The van der Waals surface area contributed by atoms with Crippen LogP contribution in [0, 0.1) is 0 Å². The van der Waals surface area contributed by atoms with E-state index in [9.17, 15) is 4.79 Å². The Kier molecular flexibility index (Phi) is 2.74. The number of aromatic carboxylic acids is 1. The first-order valence-corrected chi connectivity index (χ1v) is 4.62. The van der Waals surface area contributed by atoms with Crippen LogP contribution in [0.15, 0.2) is 24.3 Å². The van der Waals surface area contributed by atoms with E-state index in [2.05, 4.69) is 15.4 Å². The number of halogens is 1. The number of carboxylic acids is 1. The van der Waals surface area contributed by atoms with E-state index in [-0.39, 0.29) is 11.6 Å². The Hall–Kier alpha value is -2.08. The van der Waals surface area contributed by atoms with Crippen LogP contribution < -0.4 is 4.74 Å². The lowest BCUT2D eigenvalue weighted by atomic mass is 10.3. The molecule has 0 fully saturated rings. The minimum Gasteiger partial charge on any atom is -0.476 e.